The Bertz CT molecular complexity index is 910. The standard InChI is InChI=1S/C20H22N4O3/c1-13-9-20(2,27-23-13)19(25)24-11-15-10-21-18(22-17(15)12-24)8-14-4-6-16(26-3)7-5-14/h4-7,10H,8-9,11-12H2,1-3H3/t20-/m0/s1. The average molecular weight is 366 g/mol. The van der Waals surface area contributed by atoms with Crippen molar-refractivity contribution < 1.29 is 14.4 Å². The SMILES string of the molecule is COc1ccc(Cc2ncc3c(n2)CN(C(=O)[C@]2(C)CC(C)=NO2)C3)cc1. The normalized spacial score (nSPS) is 20.9. The smallest absolute Gasteiger partial charge is 0.270 e. The highest BCUT2D eigenvalue weighted by molar-refractivity contribution is 5.94. The van der Waals surface area contributed by atoms with Gasteiger partial charge in [0.2, 0.25) is 5.60 Å². The number of methoxy groups -OCH3 is 1. The molecule has 2 aliphatic heterocycles. The third-order valence-corrected chi connectivity index (χ3v) is 4.96. The van der Waals surface area contributed by atoms with Gasteiger partial charge in [0.05, 0.1) is 25.1 Å². The lowest BCUT2D eigenvalue weighted by atomic mass is 9.99. The summed E-state index contributed by atoms with van der Waals surface area (Å²) in [6, 6.07) is 7.86. The molecule has 4 rings (SSSR count). The second-order valence-electron chi connectivity index (χ2n) is 7.27. The molecule has 0 radical (unpaired) electrons. The number of hydrogen-bond acceptors (Lipinski definition) is 6. The van der Waals surface area contributed by atoms with Gasteiger partial charge in [-0.05, 0) is 31.5 Å². The lowest BCUT2D eigenvalue weighted by Gasteiger charge is -2.26. The van der Waals surface area contributed by atoms with E-state index in [2.05, 4.69) is 15.1 Å². The van der Waals surface area contributed by atoms with Crippen LogP contribution in [0.25, 0.3) is 0 Å². The van der Waals surface area contributed by atoms with Gasteiger partial charge in [0.1, 0.15) is 11.6 Å². The van der Waals surface area contributed by atoms with Crippen LogP contribution < -0.4 is 4.74 Å². The van der Waals surface area contributed by atoms with Crippen LogP contribution in [0.4, 0.5) is 0 Å². The number of hydrogen-bond donors (Lipinski definition) is 0. The first-order valence-electron chi connectivity index (χ1n) is 8.94. The third kappa shape index (κ3) is 3.37. The molecule has 7 heteroatoms. The van der Waals surface area contributed by atoms with E-state index in [0.29, 0.717) is 25.9 Å². The molecule has 7 nitrogen and oxygen atoms in total. The molecule has 1 amide bonds. The lowest BCUT2D eigenvalue weighted by molar-refractivity contribution is -0.153. The molecule has 140 valence electrons. The molecule has 3 heterocycles. The van der Waals surface area contributed by atoms with E-state index in [1.807, 2.05) is 37.4 Å². The number of carbonyl (C=O) groups excluding carboxylic acids is 1. The molecule has 0 saturated carbocycles. The molecule has 1 aromatic heterocycles. The van der Waals surface area contributed by atoms with Crippen LogP contribution in [0.1, 0.15) is 42.9 Å². The Labute approximate surface area is 158 Å². The van der Waals surface area contributed by atoms with E-state index in [4.69, 9.17) is 9.57 Å². The molecule has 0 unspecified atom stereocenters. The predicted octanol–water partition coefficient (Wildman–Crippen LogP) is 2.47. The van der Waals surface area contributed by atoms with Crippen molar-refractivity contribution in [3.8, 4) is 5.75 Å². The van der Waals surface area contributed by atoms with Crippen LogP contribution in [0.2, 0.25) is 0 Å². The summed E-state index contributed by atoms with van der Waals surface area (Å²) >= 11 is 0. The Hall–Kier alpha value is -2.96. The fourth-order valence-corrected chi connectivity index (χ4v) is 3.53. The Kier molecular flexibility index (Phi) is 4.30. The third-order valence-electron chi connectivity index (χ3n) is 4.96. The van der Waals surface area contributed by atoms with Gasteiger partial charge in [-0.15, -0.1) is 0 Å². The number of aromatic nitrogens is 2. The summed E-state index contributed by atoms with van der Waals surface area (Å²) in [7, 11) is 1.65. The quantitative estimate of drug-likeness (QED) is 0.831. The van der Waals surface area contributed by atoms with E-state index in [1.165, 1.54) is 0 Å². The zero-order valence-corrected chi connectivity index (χ0v) is 15.7. The van der Waals surface area contributed by atoms with Gasteiger partial charge in [0, 0.05) is 31.1 Å². The van der Waals surface area contributed by atoms with Gasteiger partial charge in [-0.1, -0.05) is 17.3 Å². The van der Waals surface area contributed by atoms with Crippen molar-refractivity contribution in [1.82, 2.24) is 14.9 Å². The minimum absolute atomic E-state index is 0.0576. The summed E-state index contributed by atoms with van der Waals surface area (Å²) in [5.74, 6) is 1.51. The Balaban J connectivity index is 1.46. The van der Waals surface area contributed by atoms with Crippen LogP contribution in [0, 0.1) is 0 Å². The van der Waals surface area contributed by atoms with Gasteiger partial charge >= 0.3 is 0 Å². The molecule has 0 fully saturated rings. The Morgan fingerprint density at radius 1 is 1.30 bits per heavy atom. The number of fused-ring (bicyclic) bond motifs is 1. The van der Waals surface area contributed by atoms with E-state index in [9.17, 15) is 4.79 Å². The van der Waals surface area contributed by atoms with Crippen LogP contribution in [0.5, 0.6) is 5.75 Å². The number of benzene rings is 1. The van der Waals surface area contributed by atoms with Crippen LogP contribution in [-0.4, -0.2) is 39.2 Å². The topological polar surface area (TPSA) is 76.9 Å². The van der Waals surface area contributed by atoms with Crippen molar-refractivity contribution in [2.24, 2.45) is 5.16 Å². The van der Waals surface area contributed by atoms with Crippen molar-refractivity contribution in [1.29, 1.82) is 0 Å². The molecule has 0 aliphatic carbocycles. The van der Waals surface area contributed by atoms with Crippen LogP contribution in [0.3, 0.4) is 0 Å². The van der Waals surface area contributed by atoms with Gasteiger partial charge < -0.3 is 14.5 Å². The number of nitrogens with zero attached hydrogens (tertiary/aromatic N) is 4. The second kappa shape index (κ2) is 6.64. The van der Waals surface area contributed by atoms with Gasteiger partial charge in [-0.2, -0.15) is 0 Å². The minimum atomic E-state index is -0.911. The summed E-state index contributed by atoms with van der Waals surface area (Å²) in [6.45, 7) is 4.65. The van der Waals surface area contributed by atoms with Crippen LogP contribution in [-0.2, 0) is 29.1 Å². The Morgan fingerprint density at radius 3 is 2.74 bits per heavy atom. The first-order chi connectivity index (χ1) is 13.0. The average Bonchev–Trinajstić information content (AvgIpc) is 3.25. The highest BCUT2D eigenvalue weighted by Gasteiger charge is 2.44. The second-order valence-corrected chi connectivity index (χ2v) is 7.27. The largest absolute Gasteiger partial charge is 0.497 e. The molecule has 1 atom stereocenters. The molecule has 0 spiro atoms. The van der Waals surface area contributed by atoms with Gasteiger partial charge in [0.25, 0.3) is 5.91 Å². The van der Waals surface area contributed by atoms with Gasteiger partial charge in [0.15, 0.2) is 0 Å². The van der Waals surface area contributed by atoms with Gasteiger partial charge in [-0.25, -0.2) is 9.97 Å². The fraction of sp³-hybridized carbons (Fsp3) is 0.400. The van der Waals surface area contributed by atoms with Gasteiger partial charge in [-0.3, -0.25) is 4.79 Å². The summed E-state index contributed by atoms with van der Waals surface area (Å²) in [4.78, 5) is 29.2. The lowest BCUT2D eigenvalue weighted by Crippen LogP contribution is -2.45. The fourth-order valence-electron chi connectivity index (χ4n) is 3.53. The monoisotopic (exact) mass is 366 g/mol. The number of oxime groups is 1. The Morgan fingerprint density at radius 2 is 2.07 bits per heavy atom. The van der Waals surface area contributed by atoms with E-state index < -0.39 is 5.60 Å². The number of carbonyl (C=O) groups is 1. The summed E-state index contributed by atoms with van der Waals surface area (Å²) in [5.41, 5.74) is 2.93. The summed E-state index contributed by atoms with van der Waals surface area (Å²) < 4.78 is 5.18. The number of ether oxygens (including phenoxy) is 1. The number of rotatable bonds is 4. The van der Waals surface area contributed by atoms with Crippen molar-refractivity contribution in [2.75, 3.05) is 7.11 Å². The molecule has 1 aromatic carbocycles. The predicted molar refractivity (Wildman–Crippen MR) is 99.3 cm³/mol. The molecule has 0 bridgehead atoms. The maximum absolute atomic E-state index is 12.9. The van der Waals surface area contributed by atoms with Crippen molar-refractivity contribution >= 4 is 11.6 Å². The molecule has 0 N–H and O–H groups in total. The maximum Gasteiger partial charge on any atom is 0.270 e. The van der Waals surface area contributed by atoms with Crippen LogP contribution in [0.15, 0.2) is 35.6 Å². The maximum atomic E-state index is 12.9. The van der Waals surface area contributed by atoms with Crippen molar-refractivity contribution in [3.05, 3.63) is 53.1 Å². The molecule has 27 heavy (non-hydrogen) atoms. The van der Waals surface area contributed by atoms with Crippen LogP contribution >= 0.6 is 0 Å². The zero-order chi connectivity index (χ0) is 19.0. The molecule has 0 saturated heterocycles. The van der Waals surface area contributed by atoms with E-state index in [1.54, 1.807) is 18.9 Å². The highest BCUT2D eigenvalue weighted by Crippen LogP contribution is 2.30. The molecule has 2 aliphatic rings. The number of amides is 1. The van der Waals surface area contributed by atoms with Crippen molar-refractivity contribution in [2.45, 2.75) is 45.4 Å². The zero-order valence-electron chi connectivity index (χ0n) is 15.7. The molecular weight excluding hydrogens is 344 g/mol. The van der Waals surface area contributed by atoms with Crippen molar-refractivity contribution in [3.63, 3.8) is 0 Å². The highest BCUT2D eigenvalue weighted by atomic mass is 16.7. The van der Waals surface area contributed by atoms with E-state index in [-0.39, 0.29) is 5.91 Å². The molecular formula is C20H22N4O3. The summed E-state index contributed by atoms with van der Waals surface area (Å²) in [6.07, 6.45) is 2.99. The van der Waals surface area contributed by atoms with E-state index in [0.717, 1.165) is 34.1 Å². The first-order valence-corrected chi connectivity index (χ1v) is 8.94. The summed E-state index contributed by atoms with van der Waals surface area (Å²) in [5, 5.41) is 3.94. The minimum Gasteiger partial charge on any atom is -0.497 e. The molecule has 2 aromatic rings. The van der Waals surface area contributed by atoms with E-state index >= 15 is 0 Å². The first kappa shape index (κ1) is 17.5.